The fraction of sp³-hybridized carbons (Fsp3) is 0.645. The van der Waals surface area contributed by atoms with Gasteiger partial charge in [-0.2, -0.15) is 13.2 Å². The lowest BCUT2D eigenvalue weighted by Crippen LogP contribution is -2.54. The molecule has 208 valence electrons. The van der Waals surface area contributed by atoms with Gasteiger partial charge in [-0.05, 0) is 92.2 Å². The molecule has 2 bridgehead atoms. The number of carbonyl (C=O) groups is 1. The Morgan fingerprint density at radius 1 is 1.03 bits per heavy atom. The van der Waals surface area contributed by atoms with Crippen molar-refractivity contribution in [3.8, 4) is 5.75 Å². The first kappa shape index (κ1) is 27.3. The Balaban J connectivity index is 1.44. The van der Waals surface area contributed by atoms with Crippen LogP contribution < -0.4 is 4.74 Å². The summed E-state index contributed by atoms with van der Waals surface area (Å²) in [6.07, 6.45) is 5.19. The average Bonchev–Trinajstić information content (AvgIpc) is 2.88. The number of hydrogen-bond donors (Lipinski definition) is 1. The predicted molar refractivity (Wildman–Crippen MR) is 142 cm³/mol. The Morgan fingerprint density at radius 3 is 2.29 bits per heavy atom. The van der Waals surface area contributed by atoms with Crippen LogP contribution >= 0.6 is 0 Å². The van der Waals surface area contributed by atoms with Crippen LogP contribution in [0.5, 0.6) is 5.75 Å². The molecule has 2 heterocycles. The van der Waals surface area contributed by atoms with Gasteiger partial charge in [0.2, 0.25) is 0 Å². The van der Waals surface area contributed by atoms with E-state index in [9.17, 15) is 23.1 Å². The Labute approximate surface area is 223 Å². The van der Waals surface area contributed by atoms with Gasteiger partial charge < -0.3 is 9.84 Å². The molecule has 4 nitrogen and oxygen atoms in total. The molecule has 0 spiro atoms. The molecule has 5 rings (SSSR count). The Kier molecular flexibility index (Phi) is 7.95. The van der Waals surface area contributed by atoms with Gasteiger partial charge in [-0.1, -0.05) is 44.9 Å². The second kappa shape index (κ2) is 11.1. The largest absolute Gasteiger partial charge is 0.490 e. The van der Waals surface area contributed by atoms with Crippen LogP contribution in [0, 0.1) is 11.8 Å². The molecule has 0 aromatic heterocycles. The van der Waals surface area contributed by atoms with Crippen LogP contribution in [0.4, 0.5) is 13.2 Å². The highest BCUT2D eigenvalue weighted by Gasteiger charge is 2.44. The van der Waals surface area contributed by atoms with Gasteiger partial charge in [0.1, 0.15) is 11.3 Å². The molecule has 1 saturated carbocycles. The summed E-state index contributed by atoms with van der Waals surface area (Å²) < 4.78 is 49.2. The monoisotopic (exact) mass is 531 g/mol. The number of halogens is 3. The zero-order valence-corrected chi connectivity index (χ0v) is 22.5. The van der Waals surface area contributed by atoms with Crippen molar-refractivity contribution in [3.05, 3.63) is 41.5 Å². The van der Waals surface area contributed by atoms with Gasteiger partial charge in [0.05, 0.1) is 12.0 Å². The molecule has 0 radical (unpaired) electrons. The van der Waals surface area contributed by atoms with Crippen LogP contribution in [0.15, 0.2) is 30.3 Å². The molecule has 2 aliphatic heterocycles. The lowest BCUT2D eigenvalue weighted by Gasteiger charge is -2.51. The molecule has 2 unspecified atom stereocenters. The number of rotatable bonds is 7. The van der Waals surface area contributed by atoms with Crippen molar-refractivity contribution in [2.75, 3.05) is 0 Å². The topological polar surface area (TPSA) is 49.8 Å². The lowest BCUT2D eigenvalue weighted by molar-refractivity contribution is -0.147. The Hall–Kier alpha value is -2.28. The first-order chi connectivity index (χ1) is 18.2. The van der Waals surface area contributed by atoms with Crippen molar-refractivity contribution < 1.29 is 27.8 Å². The number of carboxylic acid groups (broad SMARTS) is 1. The molecular weight excluding hydrogens is 491 g/mol. The normalized spacial score (nSPS) is 29.2. The van der Waals surface area contributed by atoms with Crippen molar-refractivity contribution >= 4 is 16.7 Å². The van der Waals surface area contributed by atoms with Gasteiger partial charge in [0, 0.05) is 18.1 Å². The second-order valence-corrected chi connectivity index (χ2v) is 11.7. The van der Waals surface area contributed by atoms with Crippen LogP contribution in [0.1, 0.15) is 102 Å². The van der Waals surface area contributed by atoms with Gasteiger partial charge >= 0.3 is 12.1 Å². The molecule has 0 amide bonds. The summed E-state index contributed by atoms with van der Waals surface area (Å²) in [5.41, 5.74) is 0.330. The summed E-state index contributed by atoms with van der Waals surface area (Å²) in [4.78, 5) is 14.2. The average molecular weight is 532 g/mol. The van der Waals surface area contributed by atoms with Crippen LogP contribution in [-0.4, -0.2) is 34.2 Å². The molecule has 3 fully saturated rings. The van der Waals surface area contributed by atoms with E-state index in [-0.39, 0.29) is 41.3 Å². The fourth-order valence-corrected chi connectivity index (χ4v) is 7.51. The third kappa shape index (κ3) is 5.41. The van der Waals surface area contributed by atoms with Crippen molar-refractivity contribution in [2.24, 2.45) is 11.8 Å². The van der Waals surface area contributed by atoms with E-state index in [4.69, 9.17) is 4.74 Å². The van der Waals surface area contributed by atoms with Gasteiger partial charge in [0.15, 0.2) is 0 Å². The Bertz CT molecular complexity index is 1130. The van der Waals surface area contributed by atoms with Gasteiger partial charge in [-0.15, -0.1) is 0 Å². The number of alkyl halides is 3. The van der Waals surface area contributed by atoms with Crippen molar-refractivity contribution in [1.82, 2.24) is 4.90 Å². The molecule has 1 N–H and O–H groups in total. The molecule has 2 aromatic carbocycles. The number of benzene rings is 2. The maximum absolute atomic E-state index is 14.4. The van der Waals surface area contributed by atoms with Gasteiger partial charge in [-0.3, -0.25) is 9.69 Å². The van der Waals surface area contributed by atoms with E-state index in [2.05, 4.69) is 18.7 Å². The number of ether oxygens (including phenoxy) is 1. The zero-order chi connectivity index (χ0) is 27.0. The third-order valence-corrected chi connectivity index (χ3v) is 9.47. The molecule has 2 saturated heterocycles. The van der Waals surface area contributed by atoms with Gasteiger partial charge in [0.25, 0.3) is 0 Å². The number of carboxylic acids is 1. The fourth-order valence-electron chi connectivity index (χ4n) is 7.51. The lowest BCUT2D eigenvalue weighted by atomic mass is 9.76. The number of nitrogens with zero attached hydrogens (tertiary/aromatic N) is 1. The summed E-state index contributed by atoms with van der Waals surface area (Å²) >= 11 is 0. The molecule has 3 aliphatic rings. The Morgan fingerprint density at radius 2 is 1.71 bits per heavy atom. The summed E-state index contributed by atoms with van der Waals surface area (Å²) in [7, 11) is 0. The molecular formula is C31H40F3NO3. The highest BCUT2D eigenvalue weighted by Crippen LogP contribution is 2.46. The third-order valence-electron chi connectivity index (χ3n) is 9.47. The highest BCUT2D eigenvalue weighted by molar-refractivity contribution is 5.89. The van der Waals surface area contributed by atoms with Crippen molar-refractivity contribution in [1.29, 1.82) is 0 Å². The minimum atomic E-state index is -4.52. The molecule has 7 heteroatoms. The van der Waals surface area contributed by atoms with Crippen LogP contribution in [0.3, 0.4) is 0 Å². The van der Waals surface area contributed by atoms with Gasteiger partial charge in [-0.25, -0.2) is 0 Å². The number of hydrogen-bond acceptors (Lipinski definition) is 3. The summed E-state index contributed by atoms with van der Waals surface area (Å²) in [6, 6.07) is 9.12. The van der Waals surface area contributed by atoms with E-state index < -0.39 is 17.7 Å². The minimum Gasteiger partial charge on any atom is -0.490 e. The first-order valence-corrected chi connectivity index (χ1v) is 14.5. The number of piperidine rings is 2. The maximum Gasteiger partial charge on any atom is 0.420 e. The highest BCUT2D eigenvalue weighted by atomic mass is 19.4. The summed E-state index contributed by atoms with van der Waals surface area (Å²) in [6.45, 7) is 4.28. The van der Waals surface area contributed by atoms with Crippen molar-refractivity contribution in [3.63, 3.8) is 0 Å². The molecule has 1 aliphatic carbocycles. The van der Waals surface area contributed by atoms with E-state index in [0.29, 0.717) is 24.1 Å². The standard InChI is InChI=1S/C31H40F3NO3/c1-3-19-8-12-25(13-9-19)38-28-15-11-20-16-21(10-14-26(20)29(28)31(32,33)34)27(4-2)35-23-6-5-7-24(35)18-22(17-23)30(36)37/h10-11,14-16,19,22-25,27H,3-9,12-13,17-18H2,1-2H3,(H,36,37)/t19?,22?,23?,24?,25?,27-/m0/s1. The molecule has 3 atom stereocenters. The molecule has 38 heavy (non-hydrogen) atoms. The van der Waals surface area contributed by atoms with E-state index >= 15 is 0 Å². The van der Waals surface area contributed by atoms with Crippen molar-refractivity contribution in [2.45, 2.75) is 115 Å². The quantitative estimate of drug-likeness (QED) is 0.390. The maximum atomic E-state index is 14.4. The van der Waals surface area contributed by atoms with Crippen LogP contribution in [-0.2, 0) is 11.0 Å². The number of aliphatic carboxylic acids is 1. The van der Waals surface area contributed by atoms with Crippen LogP contribution in [0.25, 0.3) is 10.8 Å². The predicted octanol–water partition coefficient (Wildman–Crippen LogP) is 8.38. The summed E-state index contributed by atoms with van der Waals surface area (Å²) in [5.74, 6) is -0.431. The van der Waals surface area contributed by atoms with E-state index in [1.165, 1.54) is 6.07 Å². The first-order valence-electron chi connectivity index (χ1n) is 14.5. The van der Waals surface area contributed by atoms with Crippen LogP contribution in [0.2, 0.25) is 0 Å². The molecule has 2 aromatic rings. The second-order valence-electron chi connectivity index (χ2n) is 11.7. The minimum absolute atomic E-state index is 0.0588. The summed E-state index contributed by atoms with van der Waals surface area (Å²) in [5, 5.41) is 10.4. The SMILES string of the molecule is CCC1CCC(Oc2ccc3cc([C@H](CC)N4C5CCCC4CC(C(=O)O)C5)ccc3c2C(F)(F)F)CC1. The zero-order valence-electron chi connectivity index (χ0n) is 22.5. The van der Waals surface area contributed by atoms with E-state index in [1.807, 2.05) is 12.1 Å². The van der Waals surface area contributed by atoms with E-state index in [0.717, 1.165) is 63.4 Å². The smallest absolute Gasteiger partial charge is 0.420 e. The number of fused-ring (bicyclic) bond motifs is 3. The van der Waals surface area contributed by atoms with E-state index in [1.54, 1.807) is 12.1 Å².